The van der Waals surface area contributed by atoms with E-state index in [9.17, 15) is 25.5 Å². The average molecular weight is 309 g/mol. The van der Waals surface area contributed by atoms with Crippen molar-refractivity contribution in [2.75, 3.05) is 26.7 Å². The van der Waals surface area contributed by atoms with Gasteiger partial charge in [0.2, 0.25) is 0 Å². The molecule has 0 aliphatic rings. The Labute approximate surface area is 126 Å². The molecule has 0 aromatic carbocycles. The Bertz CT molecular complexity index is 256. The van der Waals surface area contributed by atoms with Gasteiger partial charge in [-0.2, -0.15) is 0 Å². The van der Waals surface area contributed by atoms with E-state index in [-0.39, 0.29) is 6.54 Å². The van der Waals surface area contributed by atoms with Crippen molar-refractivity contribution < 1.29 is 30.6 Å². The first kappa shape index (κ1) is 20.7. The van der Waals surface area contributed by atoms with E-state index in [4.69, 9.17) is 5.11 Å². The Balaban J connectivity index is 4.09. The van der Waals surface area contributed by atoms with Crippen molar-refractivity contribution >= 4 is 0 Å². The molecule has 0 rings (SSSR count). The third kappa shape index (κ3) is 8.67. The fourth-order valence-corrected chi connectivity index (χ4v) is 2.15. The van der Waals surface area contributed by atoms with E-state index >= 15 is 0 Å². The van der Waals surface area contributed by atoms with Gasteiger partial charge in [0.1, 0.15) is 18.3 Å². The summed E-state index contributed by atoms with van der Waals surface area (Å²) < 4.78 is 0. The fourth-order valence-electron chi connectivity index (χ4n) is 2.15. The van der Waals surface area contributed by atoms with Gasteiger partial charge in [0.05, 0.1) is 18.8 Å². The maximum Gasteiger partial charge on any atom is 0.111 e. The van der Waals surface area contributed by atoms with E-state index in [1.807, 2.05) is 0 Å². The van der Waals surface area contributed by atoms with Gasteiger partial charge in [-0.25, -0.2) is 0 Å². The number of likely N-dealkylation sites (N-methyl/N-ethyl adjacent to an activating group) is 1. The van der Waals surface area contributed by atoms with E-state index in [1.165, 1.54) is 0 Å². The predicted molar refractivity (Wildman–Crippen MR) is 78.8 cm³/mol. The molecule has 0 saturated heterocycles. The van der Waals surface area contributed by atoms with Crippen LogP contribution in [0.3, 0.4) is 0 Å². The Morgan fingerprint density at radius 1 is 0.857 bits per heavy atom. The molecule has 0 heterocycles. The van der Waals surface area contributed by atoms with Crippen molar-refractivity contribution in [1.29, 1.82) is 0 Å². The highest BCUT2D eigenvalue weighted by Gasteiger charge is 2.30. The van der Waals surface area contributed by atoms with Gasteiger partial charge >= 0.3 is 0 Å². The van der Waals surface area contributed by atoms with Crippen molar-refractivity contribution in [3.8, 4) is 0 Å². The molecule has 128 valence electrons. The molecule has 0 aromatic rings. The van der Waals surface area contributed by atoms with Gasteiger partial charge in [0.15, 0.2) is 0 Å². The summed E-state index contributed by atoms with van der Waals surface area (Å²) in [7, 11) is 1.69. The molecule has 7 nitrogen and oxygen atoms in total. The van der Waals surface area contributed by atoms with Crippen molar-refractivity contribution in [1.82, 2.24) is 4.90 Å². The van der Waals surface area contributed by atoms with Gasteiger partial charge in [0, 0.05) is 13.1 Å². The highest BCUT2D eigenvalue weighted by molar-refractivity contribution is 4.82. The first-order valence-corrected chi connectivity index (χ1v) is 7.53. The quantitative estimate of drug-likeness (QED) is 0.237. The summed E-state index contributed by atoms with van der Waals surface area (Å²) in [4.78, 5) is 1.66. The third-order valence-corrected chi connectivity index (χ3v) is 3.49. The summed E-state index contributed by atoms with van der Waals surface area (Å²) in [5.41, 5.74) is 0. The van der Waals surface area contributed by atoms with Crippen molar-refractivity contribution in [3.05, 3.63) is 0 Å². The van der Waals surface area contributed by atoms with Crippen LogP contribution in [0.15, 0.2) is 0 Å². The molecule has 0 radical (unpaired) electrons. The number of aliphatic hydroxyl groups excluding tert-OH is 6. The van der Waals surface area contributed by atoms with Crippen LogP contribution in [-0.4, -0.2) is 92.8 Å². The Hall–Kier alpha value is -0.280. The summed E-state index contributed by atoms with van der Waals surface area (Å²) in [6.07, 6.45) is -2.70. The van der Waals surface area contributed by atoms with E-state index < -0.39 is 37.1 Å². The lowest BCUT2D eigenvalue weighted by Gasteiger charge is -2.29. The third-order valence-electron chi connectivity index (χ3n) is 3.49. The van der Waals surface area contributed by atoms with Crippen LogP contribution in [-0.2, 0) is 0 Å². The molecule has 7 heteroatoms. The lowest BCUT2D eigenvalue weighted by Crippen LogP contribution is -2.49. The topological polar surface area (TPSA) is 125 Å². The first-order valence-electron chi connectivity index (χ1n) is 7.53. The zero-order valence-corrected chi connectivity index (χ0v) is 13.0. The molecule has 0 fully saturated rings. The smallest absolute Gasteiger partial charge is 0.111 e. The van der Waals surface area contributed by atoms with Crippen LogP contribution >= 0.6 is 0 Å². The summed E-state index contributed by atoms with van der Waals surface area (Å²) in [6, 6.07) is 0. The van der Waals surface area contributed by atoms with E-state index in [1.54, 1.807) is 11.9 Å². The van der Waals surface area contributed by atoms with Crippen LogP contribution < -0.4 is 0 Å². The second-order valence-corrected chi connectivity index (χ2v) is 5.67. The Morgan fingerprint density at radius 2 is 1.43 bits per heavy atom. The Kier molecular flexibility index (Phi) is 11.2. The number of nitrogens with zero attached hydrogens (tertiary/aromatic N) is 1. The molecule has 0 spiro atoms. The summed E-state index contributed by atoms with van der Waals surface area (Å²) in [5.74, 6) is 0. The van der Waals surface area contributed by atoms with Gasteiger partial charge in [-0.05, 0) is 13.5 Å². The minimum atomic E-state index is -1.62. The largest absolute Gasteiger partial charge is 0.394 e. The second kappa shape index (κ2) is 11.3. The Morgan fingerprint density at radius 3 is 1.95 bits per heavy atom. The fraction of sp³-hybridized carbons (Fsp3) is 1.00. The number of unbranched alkanes of at least 4 members (excludes halogenated alkanes) is 2. The molecule has 5 atom stereocenters. The molecule has 0 amide bonds. The van der Waals surface area contributed by atoms with Crippen LogP contribution in [0.1, 0.15) is 32.6 Å². The monoisotopic (exact) mass is 309 g/mol. The molecule has 0 aromatic heterocycles. The van der Waals surface area contributed by atoms with Crippen molar-refractivity contribution in [2.45, 2.75) is 63.1 Å². The highest BCUT2D eigenvalue weighted by Crippen LogP contribution is 2.08. The highest BCUT2D eigenvalue weighted by atomic mass is 16.4. The predicted octanol–water partition coefficient (Wildman–Crippen LogP) is -1.70. The molecule has 5 unspecified atom stereocenters. The SMILES string of the molecule is CCCCCC(O)CN(C)CC(O)C(O)C(O)C(O)CO. The zero-order valence-electron chi connectivity index (χ0n) is 13.0. The second-order valence-electron chi connectivity index (χ2n) is 5.67. The van der Waals surface area contributed by atoms with Crippen LogP contribution in [0.2, 0.25) is 0 Å². The molecule has 0 aliphatic carbocycles. The normalized spacial score (nSPS) is 19.3. The molecular weight excluding hydrogens is 278 g/mol. The summed E-state index contributed by atoms with van der Waals surface area (Å²) in [6.45, 7) is 1.78. The average Bonchev–Trinajstić information content (AvgIpc) is 2.44. The van der Waals surface area contributed by atoms with Crippen molar-refractivity contribution in [3.63, 3.8) is 0 Å². The summed E-state index contributed by atoms with van der Waals surface area (Å²) in [5, 5.41) is 56.7. The van der Waals surface area contributed by atoms with E-state index in [0.717, 1.165) is 19.3 Å². The summed E-state index contributed by atoms with van der Waals surface area (Å²) >= 11 is 0. The number of hydrogen-bond acceptors (Lipinski definition) is 7. The van der Waals surface area contributed by atoms with Crippen LogP contribution in [0.25, 0.3) is 0 Å². The molecular formula is C14H31NO6. The van der Waals surface area contributed by atoms with Crippen LogP contribution in [0.5, 0.6) is 0 Å². The molecule has 0 saturated carbocycles. The van der Waals surface area contributed by atoms with Gasteiger partial charge in [0.25, 0.3) is 0 Å². The van der Waals surface area contributed by atoms with Gasteiger partial charge in [-0.3, -0.25) is 0 Å². The molecule has 0 bridgehead atoms. The first-order chi connectivity index (χ1) is 9.83. The van der Waals surface area contributed by atoms with Gasteiger partial charge in [-0.15, -0.1) is 0 Å². The number of hydrogen-bond donors (Lipinski definition) is 6. The maximum absolute atomic E-state index is 9.82. The van der Waals surface area contributed by atoms with E-state index in [2.05, 4.69) is 6.92 Å². The van der Waals surface area contributed by atoms with Crippen LogP contribution in [0, 0.1) is 0 Å². The molecule has 21 heavy (non-hydrogen) atoms. The van der Waals surface area contributed by atoms with Crippen LogP contribution in [0.4, 0.5) is 0 Å². The lowest BCUT2D eigenvalue weighted by atomic mass is 10.0. The standard InChI is InChI=1S/C14H31NO6/c1-3-4-5-6-10(17)7-15(2)8-11(18)13(20)14(21)12(19)9-16/h10-14,16-21H,3-9H2,1-2H3. The van der Waals surface area contributed by atoms with Gasteiger partial charge < -0.3 is 35.5 Å². The molecule has 0 aliphatic heterocycles. The minimum Gasteiger partial charge on any atom is -0.394 e. The van der Waals surface area contributed by atoms with Crippen molar-refractivity contribution in [2.24, 2.45) is 0 Å². The van der Waals surface area contributed by atoms with Gasteiger partial charge in [-0.1, -0.05) is 26.2 Å². The zero-order chi connectivity index (χ0) is 16.4. The maximum atomic E-state index is 9.82. The number of aliphatic hydroxyl groups is 6. The number of rotatable bonds is 12. The lowest BCUT2D eigenvalue weighted by molar-refractivity contribution is -0.119. The molecule has 6 N–H and O–H groups in total. The minimum absolute atomic E-state index is 0.0429. The van der Waals surface area contributed by atoms with E-state index in [0.29, 0.717) is 13.0 Å².